The quantitative estimate of drug-likeness (QED) is 0.620. The van der Waals surface area contributed by atoms with E-state index in [1.54, 1.807) is 0 Å². The summed E-state index contributed by atoms with van der Waals surface area (Å²) in [5.41, 5.74) is 5.08. The van der Waals surface area contributed by atoms with E-state index in [-0.39, 0.29) is 28.3 Å². The van der Waals surface area contributed by atoms with Gasteiger partial charge < -0.3 is 14.8 Å². The molecule has 31 heavy (non-hydrogen) atoms. The lowest BCUT2D eigenvalue weighted by Crippen LogP contribution is -2.66. The van der Waals surface area contributed by atoms with Crippen molar-refractivity contribution >= 4 is 17.1 Å². The lowest BCUT2D eigenvalue weighted by Gasteiger charge is -2.61. The van der Waals surface area contributed by atoms with Crippen molar-refractivity contribution in [3.8, 4) is 0 Å². The van der Waals surface area contributed by atoms with Gasteiger partial charge in [0.25, 0.3) is 0 Å². The third kappa shape index (κ3) is 3.02. The molecule has 0 radical (unpaired) electrons. The van der Waals surface area contributed by atoms with Gasteiger partial charge in [0.1, 0.15) is 5.82 Å². The fourth-order valence-electron chi connectivity index (χ4n) is 6.27. The molecule has 5 nitrogen and oxygen atoms in total. The Morgan fingerprint density at radius 3 is 2.48 bits per heavy atom. The largest absolute Gasteiger partial charge is 0.342 e. The van der Waals surface area contributed by atoms with Crippen LogP contribution in [-0.4, -0.2) is 51.5 Å². The maximum atomic E-state index is 13.5. The van der Waals surface area contributed by atoms with Gasteiger partial charge in [-0.15, -0.1) is 0 Å². The lowest BCUT2D eigenvalue weighted by atomic mass is 9.51. The monoisotopic (exact) mass is 422 g/mol. The predicted octanol–water partition coefficient (Wildman–Crippen LogP) is 5.38. The number of fused-ring (bicyclic) bond motifs is 5. The zero-order valence-corrected chi connectivity index (χ0v) is 20.1. The van der Waals surface area contributed by atoms with Crippen LogP contribution in [0.5, 0.6) is 0 Å². The average molecular weight is 423 g/mol. The molecule has 0 unspecified atom stereocenters. The first-order valence-electron chi connectivity index (χ1n) is 12.1. The number of imidazole rings is 1. The number of aromatic nitrogens is 2. The van der Waals surface area contributed by atoms with E-state index in [0.29, 0.717) is 0 Å². The van der Waals surface area contributed by atoms with Gasteiger partial charge in [0.15, 0.2) is 0 Å². The summed E-state index contributed by atoms with van der Waals surface area (Å²) in [6.07, 6.45) is 5.47. The Kier molecular flexibility index (Phi) is 4.52. The van der Waals surface area contributed by atoms with Gasteiger partial charge >= 0.3 is 6.03 Å². The van der Waals surface area contributed by atoms with Gasteiger partial charge in [-0.2, -0.15) is 0 Å². The highest BCUT2D eigenvalue weighted by Crippen LogP contribution is 2.56. The number of piperidine rings is 2. The molecule has 3 heterocycles. The van der Waals surface area contributed by atoms with Crippen molar-refractivity contribution in [1.82, 2.24) is 19.8 Å². The highest BCUT2D eigenvalue weighted by Gasteiger charge is 2.57. The van der Waals surface area contributed by atoms with Crippen LogP contribution in [0.2, 0.25) is 0 Å². The molecule has 0 spiro atoms. The Labute approximate surface area is 186 Å². The highest BCUT2D eigenvalue weighted by molar-refractivity contribution is 5.79. The van der Waals surface area contributed by atoms with Gasteiger partial charge in [-0.1, -0.05) is 41.5 Å². The van der Waals surface area contributed by atoms with Crippen molar-refractivity contribution in [3.05, 3.63) is 29.1 Å². The fourth-order valence-corrected chi connectivity index (χ4v) is 6.27. The van der Waals surface area contributed by atoms with Gasteiger partial charge in [0.05, 0.1) is 11.0 Å². The maximum absolute atomic E-state index is 13.5. The molecular weight excluding hydrogens is 384 g/mol. The second kappa shape index (κ2) is 6.73. The third-order valence-corrected chi connectivity index (χ3v) is 8.78. The molecule has 1 aromatic carbocycles. The lowest BCUT2D eigenvalue weighted by molar-refractivity contribution is -0.0241. The number of rotatable bonds is 0. The summed E-state index contributed by atoms with van der Waals surface area (Å²) in [6, 6.07) is 5.16. The molecule has 1 aromatic heterocycles. The van der Waals surface area contributed by atoms with Crippen molar-refractivity contribution in [1.29, 1.82) is 0 Å². The molecule has 3 aliphatic rings. The Morgan fingerprint density at radius 1 is 1.10 bits per heavy atom. The number of carbonyl (C=O) groups is 1. The molecule has 2 atom stereocenters. The number of amides is 2. The van der Waals surface area contributed by atoms with E-state index in [1.165, 1.54) is 17.5 Å². The Morgan fingerprint density at radius 2 is 1.81 bits per heavy atom. The molecule has 2 saturated heterocycles. The smallest absolute Gasteiger partial charge is 0.320 e. The van der Waals surface area contributed by atoms with Crippen molar-refractivity contribution in [2.75, 3.05) is 19.6 Å². The molecule has 0 saturated carbocycles. The summed E-state index contributed by atoms with van der Waals surface area (Å²) in [5, 5.41) is 0. The molecule has 1 aliphatic carbocycles. The molecule has 2 amide bonds. The number of hydrogen-bond acceptors (Lipinski definition) is 2. The Hall–Kier alpha value is -2.04. The molecule has 2 aliphatic heterocycles. The number of aromatic amines is 1. The van der Waals surface area contributed by atoms with Crippen LogP contribution in [0.3, 0.4) is 0 Å². The van der Waals surface area contributed by atoms with Crippen LogP contribution in [0.1, 0.15) is 84.2 Å². The summed E-state index contributed by atoms with van der Waals surface area (Å²) in [4.78, 5) is 26.4. The zero-order chi connectivity index (χ0) is 22.2. The van der Waals surface area contributed by atoms with E-state index < -0.39 is 0 Å². The van der Waals surface area contributed by atoms with Crippen LogP contribution in [-0.2, 0) is 17.3 Å². The number of nitrogens with zero attached hydrogens (tertiary/aromatic N) is 3. The standard InChI is InChI=1S/C26H38N4O/c1-24(2,3)22-27-19-14-17-15-21-25(4,5)26(6,18(17)16-20(19)28-22)10-13-30(21)23(31)29-11-8-7-9-12-29/h14,16,21H,7-13,15H2,1-6H3,(H,27,28)/t21-,26+/m1/s1. The van der Waals surface area contributed by atoms with Gasteiger partial charge in [0.2, 0.25) is 0 Å². The average Bonchev–Trinajstić information content (AvgIpc) is 3.14. The number of benzene rings is 1. The van der Waals surface area contributed by atoms with E-state index in [0.717, 1.165) is 62.2 Å². The first-order valence-corrected chi connectivity index (χ1v) is 12.1. The Bertz CT molecular complexity index is 1020. The summed E-state index contributed by atoms with van der Waals surface area (Å²) < 4.78 is 0. The van der Waals surface area contributed by atoms with Crippen molar-refractivity contribution in [3.63, 3.8) is 0 Å². The summed E-state index contributed by atoms with van der Waals surface area (Å²) in [7, 11) is 0. The second-order valence-electron chi connectivity index (χ2n) is 11.9. The summed E-state index contributed by atoms with van der Waals surface area (Å²) >= 11 is 0. The van der Waals surface area contributed by atoms with Crippen LogP contribution in [0, 0.1) is 5.41 Å². The minimum Gasteiger partial charge on any atom is -0.342 e. The summed E-state index contributed by atoms with van der Waals surface area (Å²) in [5.74, 6) is 1.04. The van der Waals surface area contributed by atoms with E-state index in [9.17, 15) is 4.79 Å². The third-order valence-electron chi connectivity index (χ3n) is 8.78. The van der Waals surface area contributed by atoms with Crippen LogP contribution in [0.15, 0.2) is 12.1 Å². The van der Waals surface area contributed by atoms with E-state index in [4.69, 9.17) is 4.98 Å². The predicted molar refractivity (Wildman–Crippen MR) is 126 cm³/mol. The maximum Gasteiger partial charge on any atom is 0.320 e. The first kappa shape index (κ1) is 20.8. The topological polar surface area (TPSA) is 52.2 Å². The van der Waals surface area contributed by atoms with E-state index >= 15 is 0 Å². The van der Waals surface area contributed by atoms with Gasteiger partial charge in [0, 0.05) is 36.5 Å². The molecule has 5 rings (SSSR count). The van der Waals surface area contributed by atoms with Gasteiger partial charge in [-0.3, -0.25) is 0 Å². The van der Waals surface area contributed by atoms with Crippen molar-refractivity contribution < 1.29 is 4.79 Å². The van der Waals surface area contributed by atoms with Crippen LogP contribution < -0.4 is 0 Å². The zero-order valence-electron chi connectivity index (χ0n) is 20.1. The number of nitrogens with one attached hydrogen (secondary N) is 1. The fraction of sp³-hybridized carbons (Fsp3) is 0.692. The summed E-state index contributed by atoms with van der Waals surface area (Å²) in [6.45, 7) is 16.5. The molecule has 2 bridgehead atoms. The molecule has 2 fully saturated rings. The number of carbonyl (C=O) groups excluding carboxylic acids is 1. The number of likely N-dealkylation sites (tertiary alicyclic amines) is 2. The number of H-pyrrole nitrogens is 1. The molecule has 5 heteroatoms. The number of urea groups is 1. The van der Waals surface area contributed by atoms with Crippen LogP contribution in [0.4, 0.5) is 4.79 Å². The first-order chi connectivity index (χ1) is 14.5. The molecule has 168 valence electrons. The van der Waals surface area contributed by atoms with Crippen molar-refractivity contribution in [2.45, 2.75) is 90.5 Å². The van der Waals surface area contributed by atoms with Crippen LogP contribution >= 0.6 is 0 Å². The highest BCUT2D eigenvalue weighted by atomic mass is 16.2. The second-order valence-corrected chi connectivity index (χ2v) is 11.9. The van der Waals surface area contributed by atoms with Gasteiger partial charge in [-0.25, -0.2) is 9.78 Å². The SMILES string of the molecule is CC(C)(C)c1nc2cc3c(cc2[nH]1)C[C@H]1N(C(=O)N2CCCCC2)CC[C@]3(C)C1(C)C. The normalized spacial score (nSPS) is 28.0. The van der Waals surface area contributed by atoms with E-state index in [1.807, 2.05) is 0 Å². The Balaban J connectivity index is 1.56. The van der Waals surface area contributed by atoms with Crippen LogP contribution in [0.25, 0.3) is 11.0 Å². The molecule has 1 N–H and O–H groups in total. The van der Waals surface area contributed by atoms with Gasteiger partial charge in [-0.05, 0) is 60.8 Å². The minimum absolute atomic E-state index is 0.00372. The van der Waals surface area contributed by atoms with E-state index in [2.05, 4.69) is 68.5 Å². The number of hydrogen-bond donors (Lipinski definition) is 1. The van der Waals surface area contributed by atoms with Crippen molar-refractivity contribution in [2.24, 2.45) is 5.41 Å². The molecule has 2 aromatic rings. The molecular formula is C26H38N4O. The minimum atomic E-state index is -0.00372.